The standard InChI is InChI=1S/C12H21N3O2S2/c1-9(6-7-18-3)15(2)11-5-4-10(13)8-12(11)19(14,16)17/h4-5,8-9H,6-7,13H2,1-3H3,(H2,14,16,17). The second-order valence-corrected chi connectivity index (χ2v) is 7.03. The third kappa shape index (κ3) is 4.29. The van der Waals surface area contributed by atoms with E-state index in [0.29, 0.717) is 11.4 Å². The minimum absolute atomic E-state index is 0.0750. The number of sulfonamides is 1. The molecule has 7 heteroatoms. The highest BCUT2D eigenvalue weighted by Crippen LogP contribution is 2.27. The fourth-order valence-electron chi connectivity index (χ4n) is 1.77. The van der Waals surface area contributed by atoms with Gasteiger partial charge in [-0.3, -0.25) is 0 Å². The van der Waals surface area contributed by atoms with Gasteiger partial charge in [-0.15, -0.1) is 0 Å². The molecule has 0 saturated carbocycles. The van der Waals surface area contributed by atoms with Gasteiger partial charge in [0, 0.05) is 18.8 Å². The molecule has 0 fully saturated rings. The van der Waals surface area contributed by atoms with Crippen molar-refractivity contribution in [1.29, 1.82) is 0 Å². The number of nitrogens with two attached hydrogens (primary N) is 2. The van der Waals surface area contributed by atoms with Gasteiger partial charge in [-0.05, 0) is 43.6 Å². The maximum Gasteiger partial charge on any atom is 0.240 e. The van der Waals surface area contributed by atoms with Gasteiger partial charge in [-0.2, -0.15) is 11.8 Å². The number of anilines is 2. The summed E-state index contributed by atoms with van der Waals surface area (Å²) in [7, 11) is -1.92. The average molecular weight is 303 g/mol. The first kappa shape index (κ1) is 16.1. The van der Waals surface area contributed by atoms with Gasteiger partial charge in [0.05, 0.1) is 5.69 Å². The molecular formula is C12H21N3O2S2. The fourth-order valence-corrected chi connectivity index (χ4v) is 3.15. The molecule has 0 spiro atoms. The molecule has 0 saturated heterocycles. The highest BCUT2D eigenvalue weighted by Gasteiger charge is 2.19. The number of rotatable bonds is 6. The van der Waals surface area contributed by atoms with E-state index in [1.807, 2.05) is 18.2 Å². The van der Waals surface area contributed by atoms with Gasteiger partial charge in [-0.25, -0.2) is 13.6 Å². The Balaban J connectivity index is 3.13. The largest absolute Gasteiger partial charge is 0.399 e. The molecule has 4 N–H and O–H groups in total. The molecule has 1 aromatic rings. The third-order valence-corrected chi connectivity index (χ3v) is 4.66. The van der Waals surface area contributed by atoms with Crippen LogP contribution in [0.5, 0.6) is 0 Å². The lowest BCUT2D eigenvalue weighted by Crippen LogP contribution is -2.31. The van der Waals surface area contributed by atoms with E-state index < -0.39 is 10.0 Å². The summed E-state index contributed by atoms with van der Waals surface area (Å²) in [4.78, 5) is 2.00. The maximum atomic E-state index is 11.6. The second-order valence-electron chi connectivity index (χ2n) is 4.51. The number of primary sulfonamides is 1. The Bertz CT molecular complexity index is 532. The fraction of sp³-hybridized carbons (Fsp3) is 0.500. The molecule has 0 aliphatic heterocycles. The summed E-state index contributed by atoms with van der Waals surface area (Å²) < 4.78 is 23.3. The Labute approximate surface area is 119 Å². The number of thioether (sulfide) groups is 1. The van der Waals surface area contributed by atoms with Crippen LogP contribution in [-0.4, -0.2) is 33.5 Å². The van der Waals surface area contributed by atoms with Gasteiger partial charge < -0.3 is 10.6 Å². The van der Waals surface area contributed by atoms with Gasteiger partial charge in [0.25, 0.3) is 0 Å². The van der Waals surface area contributed by atoms with Gasteiger partial charge in [-0.1, -0.05) is 0 Å². The van der Waals surface area contributed by atoms with E-state index in [1.165, 1.54) is 6.07 Å². The van der Waals surface area contributed by atoms with Crippen molar-refractivity contribution in [2.45, 2.75) is 24.3 Å². The number of hydrogen-bond acceptors (Lipinski definition) is 5. The minimum atomic E-state index is -3.78. The van der Waals surface area contributed by atoms with Crippen molar-refractivity contribution in [1.82, 2.24) is 0 Å². The zero-order valence-corrected chi connectivity index (χ0v) is 13.1. The first-order valence-corrected chi connectivity index (χ1v) is 8.85. The zero-order valence-electron chi connectivity index (χ0n) is 11.5. The summed E-state index contributed by atoms with van der Waals surface area (Å²) in [6.45, 7) is 2.06. The van der Waals surface area contributed by atoms with Crippen molar-refractivity contribution in [3.05, 3.63) is 18.2 Å². The van der Waals surface area contributed by atoms with Crippen LogP contribution in [0.2, 0.25) is 0 Å². The van der Waals surface area contributed by atoms with Crippen molar-refractivity contribution in [3.8, 4) is 0 Å². The second kappa shape index (κ2) is 6.49. The molecule has 0 amide bonds. The number of benzene rings is 1. The van der Waals surface area contributed by atoms with Crippen molar-refractivity contribution >= 4 is 33.2 Å². The normalized spacial score (nSPS) is 13.3. The monoisotopic (exact) mass is 303 g/mol. The molecule has 1 aromatic carbocycles. The first-order valence-electron chi connectivity index (χ1n) is 5.91. The molecule has 0 aromatic heterocycles. The molecule has 5 nitrogen and oxygen atoms in total. The van der Waals surface area contributed by atoms with E-state index in [1.54, 1.807) is 23.9 Å². The van der Waals surface area contributed by atoms with Crippen LogP contribution in [0.4, 0.5) is 11.4 Å². The van der Waals surface area contributed by atoms with Crippen LogP contribution in [0.25, 0.3) is 0 Å². The van der Waals surface area contributed by atoms with Crippen LogP contribution in [0.1, 0.15) is 13.3 Å². The molecule has 1 rings (SSSR count). The molecule has 1 atom stereocenters. The van der Waals surface area contributed by atoms with E-state index in [9.17, 15) is 8.42 Å². The number of hydrogen-bond donors (Lipinski definition) is 2. The van der Waals surface area contributed by atoms with Crippen molar-refractivity contribution in [3.63, 3.8) is 0 Å². The molecule has 19 heavy (non-hydrogen) atoms. The van der Waals surface area contributed by atoms with E-state index in [4.69, 9.17) is 10.9 Å². The summed E-state index contributed by atoms with van der Waals surface area (Å²) in [6.07, 6.45) is 3.01. The Morgan fingerprint density at radius 3 is 2.58 bits per heavy atom. The molecule has 0 radical (unpaired) electrons. The molecule has 108 valence electrons. The van der Waals surface area contributed by atoms with Crippen LogP contribution < -0.4 is 15.8 Å². The van der Waals surface area contributed by atoms with Gasteiger partial charge >= 0.3 is 0 Å². The van der Waals surface area contributed by atoms with Crippen LogP contribution in [-0.2, 0) is 10.0 Å². The van der Waals surface area contributed by atoms with Crippen molar-refractivity contribution in [2.24, 2.45) is 5.14 Å². The predicted octanol–water partition coefficient (Wildman–Crippen LogP) is 1.49. The van der Waals surface area contributed by atoms with Crippen LogP contribution >= 0.6 is 11.8 Å². The van der Waals surface area contributed by atoms with Crippen molar-refractivity contribution < 1.29 is 8.42 Å². The Morgan fingerprint density at radius 2 is 2.05 bits per heavy atom. The Kier molecular flexibility index (Phi) is 5.51. The Hall–Kier alpha value is -0.920. The SMILES string of the molecule is CSCCC(C)N(C)c1ccc(N)cc1S(N)(=O)=O. The van der Waals surface area contributed by atoms with Gasteiger partial charge in [0.2, 0.25) is 10.0 Å². The third-order valence-electron chi connectivity index (χ3n) is 3.07. The van der Waals surface area contributed by atoms with Crippen molar-refractivity contribution in [2.75, 3.05) is 29.7 Å². The summed E-state index contributed by atoms with van der Waals surface area (Å²) in [5, 5.41) is 5.25. The number of nitrogen functional groups attached to an aromatic ring is 1. The first-order chi connectivity index (χ1) is 8.77. The molecule has 0 aliphatic carbocycles. The van der Waals surface area contributed by atoms with Gasteiger partial charge in [0.15, 0.2) is 0 Å². The highest BCUT2D eigenvalue weighted by atomic mass is 32.2. The summed E-state index contributed by atoms with van der Waals surface area (Å²) >= 11 is 1.77. The lowest BCUT2D eigenvalue weighted by molar-refractivity contribution is 0.596. The lowest BCUT2D eigenvalue weighted by atomic mass is 10.2. The molecule has 0 bridgehead atoms. The Morgan fingerprint density at radius 1 is 1.42 bits per heavy atom. The zero-order chi connectivity index (χ0) is 14.6. The summed E-state index contributed by atoms with van der Waals surface area (Å²) in [6, 6.07) is 5.01. The van der Waals surface area contributed by atoms with E-state index in [0.717, 1.165) is 12.2 Å². The van der Waals surface area contributed by atoms with E-state index in [-0.39, 0.29) is 10.9 Å². The molecular weight excluding hydrogens is 282 g/mol. The number of nitrogens with zero attached hydrogens (tertiary/aromatic N) is 1. The summed E-state index contributed by atoms with van der Waals surface area (Å²) in [5.41, 5.74) is 6.61. The topological polar surface area (TPSA) is 89.4 Å². The van der Waals surface area contributed by atoms with E-state index in [2.05, 4.69) is 6.92 Å². The molecule has 1 unspecified atom stereocenters. The van der Waals surface area contributed by atoms with Crippen LogP contribution in [0.15, 0.2) is 23.1 Å². The highest BCUT2D eigenvalue weighted by molar-refractivity contribution is 7.98. The van der Waals surface area contributed by atoms with Crippen LogP contribution in [0.3, 0.4) is 0 Å². The smallest absolute Gasteiger partial charge is 0.240 e. The van der Waals surface area contributed by atoms with Crippen LogP contribution in [0, 0.1) is 0 Å². The maximum absolute atomic E-state index is 11.6. The summed E-state index contributed by atoms with van der Waals surface area (Å²) in [5.74, 6) is 1.02. The quantitative estimate of drug-likeness (QED) is 0.777. The minimum Gasteiger partial charge on any atom is -0.399 e. The lowest BCUT2D eigenvalue weighted by Gasteiger charge is -2.28. The predicted molar refractivity (Wildman–Crippen MR) is 83.1 cm³/mol. The molecule has 0 aliphatic rings. The van der Waals surface area contributed by atoms with E-state index >= 15 is 0 Å². The molecule has 0 heterocycles. The van der Waals surface area contributed by atoms with Gasteiger partial charge in [0.1, 0.15) is 4.90 Å². The average Bonchev–Trinajstić information content (AvgIpc) is 2.34.